The van der Waals surface area contributed by atoms with Gasteiger partial charge in [-0.05, 0) is 23.6 Å². The normalized spacial score (nSPS) is 9.32. The lowest BCUT2D eigenvalue weighted by molar-refractivity contribution is 0.937. The molecule has 0 saturated heterocycles. The molecule has 0 aromatic heterocycles. The predicted octanol–water partition coefficient (Wildman–Crippen LogP) is 4.69. The van der Waals surface area contributed by atoms with Crippen LogP contribution in [0, 0.1) is 11.8 Å². The molecule has 0 unspecified atom stereocenters. The number of aliphatic imine (C=N–C) groups is 2. The van der Waals surface area contributed by atoms with Gasteiger partial charge in [0.2, 0.25) is 0 Å². The van der Waals surface area contributed by atoms with Crippen LogP contribution >= 0.6 is 0 Å². The van der Waals surface area contributed by atoms with Crippen LogP contribution in [0.5, 0.6) is 0 Å². The molecule has 2 rings (SSSR count). The predicted molar refractivity (Wildman–Crippen MR) is 92.7 cm³/mol. The summed E-state index contributed by atoms with van der Waals surface area (Å²) in [5, 5.41) is 0. The lowest BCUT2D eigenvalue weighted by atomic mass is 10.1. The van der Waals surface area contributed by atoms with Crippen molar-refractivity contribution in [3.63, 3.8) is 0 Å². The highest BCUT2D eigenvalue weighted by Crippen LogP contribution is 2.18. The molecule has 0 aliphatic rings. The number of rotatable bonds is 5. The Labute approximate surface area is 132 Å². The van der Waals surface area contributed by atoms with Gasteiger partial charge in [-0.25, -0.2) is 4.99 Å². The van der Waals surface area contributed by atoms with E-state index in [-0.39, 0.29) is 0 Å². The lowest BCUT2D eigenvalue weighted by Gasteiger charge is -1.99. The van der Waals surface area contributed by atoms with Crippen molar-refractivity contribution >= 4 is 11.7 Å². The fourth-order valence-electron chi connectivity index (χ4n) is 1.94. The van der Waals surface area contributed by atoms with Crippen LogP contribution in [0.2, 0.25) is 0 Å². The second kappa shape index (κ2) is 9.34. The third kappa shape index (κ3) is 5.40. The zero-order valence-corrected chi connectivity index (χ0v) is 12.9. The highest BCUT2D eigenvalue weighted by Gasteiger charge is 1.97. The van der Waals surface area contributed by atoms with E-state index < -0.39 is 0 Å². The van der Waals surface area contributed by atoms with Crippen LogP contribution in [0.25, 0.3) is 0 Å². The van der Waals surface area contributed by atoms with Gasteiger partial charge >= 0.3 is 0 Å². The summed E-state index contributed by atoms with van der Waals surface area (Å²) in [4.78, 5) is 8.41. The standard InChI is InChI=1S/C20H20N2/c1-2-16-21-17-22-20-15-9-8-14-19(20)13-7-6-12-18-10-4-3-5-11-18/h3-5,8-11,14-15H,2,12-13,16H2,1H3. The SMILES string of the molecule is CCCN=C=Nc1ccccc1CC#CCc1ccccc1. The first-order valence-corrected chi connectivity index (χ1v) is 7.60. The number of hydrogen-bond donors (Lipinski definition) is 0. The summed E-state index contributed by atoms with van der Waals surface area (Å²) in [5.74, 6) is 6.44. The number of para-hydroxylation sites is 1. The summed E-state index contributed by atoms with van der Waals surface area (Å²) in [6.45, 7) is 2.85. The topological polar surface area (TPSA) is 24.7 Å². The molecule has 2 aromatic rings. The van der Waals surface area contributed by atoms with Gasteiger partial charge in [-0.15, -0.1) is 0 Å². The first kappa shape index (κ1) is 15.8. The maximum atomic E-state index is 4.30. The first-order valence-electron chi connectivity index (χ1n) is 7.60. The summed E-state index contributed by atoms with van der Waals surface area (Å²) in [7, 11) is 0. The summed E-state index contributed by atoms with van der Waals surface area (Å²) >= 11 is 0. The molecule has 0 N–H and O–H groups in total. The maximum Gasteiger partial charge on any atom is 0.0949 e. The van der Waals surface area contributed by atoms with Crippen LogP contribution in [0.15, 0.2) is 64.6 Å². The monoisotopic (exact) mass is 288 g/mol. The number of nitrogens with zero attached hydrogens (tertiary/aromatic N) is 2. The summed E-state index contributed by atoms with van der Waals surface area (Å²) in [5.41, 5.74) is 3.26. The minimum Gasteiger partial charge on any atom is -0.225 e. The van der Waals surface area contributed by atoms with Crippen LogP contribution in [0.3, 0.4) is 0 Å². The molecule has 0 aliphatic carbocycles. The van der Waals surface area contributed by atoms with E-state index in [1.807, 2.05) is 36.4 Å². The van der Waals surface area contributed by atoms with Crippen molar-refractivity contribution < 1.29 is 0 Å². The van der Waals surface area contributed by atoms with E-state index >= 15 is 0 Å². The average Bonchev–Trinajstić information content (AvgIpc) is 2.57. The Balaban J connectivity index is 2.00. The van der Waals surface area contributed by atoms with E-state index in [1.54, 1.807) is 0 Å². The molecular formula is C20H20N2. The van der Waals surface area contributed by atoms with Crippen molar-refractivity contribution in [1.29, 1.82) is 0 Å². The Bertz CT molecular complexity index is 699. The van der Waals surface area contributed by atoms with Crippen LogP contribution in [-0.2, 0) is 12.8 Å². The molecule has 0 saturated carbocycles. The zero-order chi connectivity index (χ0) is 15.5. The molecule has 0 spiro atoms. The molecule has 2 nitrogen and oxygen atoms in total. The molecule has 0 aliphatic heterocycles. The third-order valence-electron chi connectivity index (χ3n) is 3.11. The molecule has 0 amide bonds. The molecule has 2 heteroatoms. The molecule has 22 heavy (non-hydrogen) atoms. The average molecular weight is 288 g/mol. The maximum absolute atomic E-state index is 4.30. The summed E-state index contributed by atoms with van der Waals surface area (Å²) in [6.07, 6.45) is 2.49. The van der Waals surface area contributed by atoms with Gasteiger partial charge in [-0.2, -0.15) is 4.99 Å². The number of benzene rings is 2. The fourth-order valence-corrected chi connectivity index (χ4v) is 1.94. The van der Waals surface area contributed by atoms with Gasteiger partial charge in [0.15, 0.2) is 0 Å². The van der Waals surface area contributed by atoms with Crippen molar-refractivity contribution in [1.82, 2.24) is 0 Å². The quantitative estimate of drug-likeness (QED) is 0.563. The zero-order valence-electron chi connectivity index (χ0n) is 12.9. The van der Waals surface area contributed by atoms with Gasteiger partial charge in [-0.3, -0.25) is 0 Å². The molecule has 0 radical (unpaired) electrons. The summed E-state index contributed by atoms with van der Waals surface area (Å²) < 4.78 is 0. The minimum absolute atomic E-state index is 0.696. The largest absolute Gasteiger partial charge is 0.225 e. The van der Waals surface area contributed by atoms with E-state index in [0.29, 0.717) is 6.42 Å². The Hall–Kier alpha value is -2.62. The molecular weight excluding hydrogens is 268 g/mol. The minimum atomic E-state index is 0.696. The van der Waals surface area contributed by atoms with E-state index in [2.05, 4.69) is 53.0 Å². The van der Waals surface area contributed by atoms with E-state index in [0.717, 1.165) is 30.6 Å². The second-order valence-corrected chi connectivity index (χ2v) is 4.91. The van der Waals surface area contributed by atoms with Gasteiger partial charge in [0.25, 0.3) is 0 Å². The highest BCUT2D eigenvalue weighted by molar-refractivity contribution is 5.56. The van der Waals surface area contributed by atoms with E-state index in [4.69, 9.17) is 0 Å². The van der Waals surface area contributed by atoms with Crippen molar-refractivity contribution in [2.45, 2.75) is 26.2 Å². The first-order chi connectivity index (χ1) is 10.9. The van der Waals surface area contributed by atoms with Crippen LogP contribution in [-0.4, -0.2) is 12.6 Å². The van der Waals surface area contributed by atoms with Crippen molar-refractivity contribution in [2.24, 2.45) is 9.98 Å². The molecule has 0 atom stereocenters. The van der Waals surface area contributed by atoms with Gasteiger partial charge in [-0.1, -0.05) is 67.3 Å². The van der Waals surface area contributed by atoms with Gasteiger partial charge < -0.3 is 0 Å². The Morgan fingerprint density at radius 1 is 0.864 bits per heavy atom. The van der Waals surface area contributed by atoms with Crippen LogP contribution in [0.1, 0.15) is 24.5 Å². The fraction of sp³-hybridized carbons (Fsp3) is 0.250. The van der Waals surface area contributed by atoms with Gasteiger partial charge in [0.05, 0.1) is 11.7 Å². The smallest absolute Gasteiger partial charge is 0.0949 e. The summed E-state index contributed by atoms with van der Waals surface area (Å²) in [6, 6.07) is 21.1. The van der Waals surface area contributed by atoms with Crippen molar-refractivity contribution in [2.75, 3.05) is 6.54 Å². The van der Waals surface area contributed by atoms with E-state index in [1.165, 1.54) is 5.56 Å². The molecule has 110 valence electrons. The van der Waals surface area contributed by atoms with Crippen molar-refractivity contribution in [3.8, 4) is 11.8 Å². The Kier molecular flexibility index (Phi) is 6.69. The van der Waals surface area contributed by atoms with Crippen molar-refractivity contribution in [3.05, 3.63) is 65.7 Å². The van der Waals surface area contributed by atoms with E-state index in [9.17, 15) is 0 Å². The highest BCUT2D eigenvalue weighted by atomic mass is 14.8. The van der Waals surface area contributed by atoms with Crippen LogP contribution in [0.4, 0.5) is 5.69 Å². The Morgan fingerprint density at radius 3 is 2.41 bits per heavy atom. The second-order valence-electron chi connectivity index (χ2n) is 4.91. The van der Waals surface area contributed by atoms with Gasteiger partial charge in [0, 0.05) is 19.4 Å². The molecule has 0 heterocycles. The third-order valence-corrected chi connectivity index (χ3v) is 3.11. The molecule has 0 bridgehead atoms. The molecule has 0 fully saturated rings. The lowest BCUT2D eigenvalue weighted by Crippen LogP contribution is -1.84. The molecule has 2 aromatic carbocycles. The van der Waals surface area contributed by atoms with Crippen LogP contribution < -0.4 is 0 Å². The number of hydrogen-bond acceptors (Lipinski definition) is 2. The van der Waals surface area contributed by atoms with Gasteiger partial charge in [0.1, 0.15) is 0 Å². The Morgan fingerprint density at radius 2 is 1.59 bits per heavy atom.